The fourth-order valence-electron chi connectivity index (χ4n) is 1.99. The standard InChI is InChI=1S/C18H20BrClN2O2/c1-18(2,3)24-17(23)22-15-6-4-5-14(10-15)21-11-12-7-8-13(20)9-16(12)19/h4-10,21H,11H2,1-3H3,(H,22,23). The number of hydrogen-bond acceptors (Lipinski definition) is 3. The molecule has 0 bridgehead atoms. The van der Waals surface area contributed by atoms with Crippen LogP contribution in [0, 0.1) is 0 Å². The van der Waals surface area contributed by atoms with Crippen molar-refractivity contribution in [3.8, 4) is 0 Å². The fraction of sp³-hybridized carbons (Fsp3) is 0.278. The Morgan fingerprint density at radius 3 is 2.54 bits per heavy atom. The van der Waals surface area contributed by atoms with E-state index in [0.717, 1.165) is 15.7 Å². The number of anilines is 2. The first-order valence-electron chi connectivity index (χ1n) is 7.51. The number of hydrogen-bond donors (Lipinski definition) is 2. The molecule has 6 heteroatoms. The number of rotatable bonds is 4. The third-order valence-electron chi connectivity index (χ3n) is 3.01. The van der Waals surface area contributed by atoms with Crippen molar-refractivity contribution >= 4 is 45.0 Å². The molecule has 0 aliphatic rings. The highest BCUT2D eigenvalue weighted by molar-refractivity contribution is 9.10. The van der Waals surface area contributed by atoms with Gasteiger partial charge in [0, 0.05) is 27.4 Å². The second kappa shape index (κ2) is 7.90. The van der Waals surface area contributed by atoms with Gasteiger partial charge in [0.25, 0.3) is 0 Å². The number of benzene rings is 2. The van der Waals surface area contributed by atoms with Gasteiger partial charge in [-0.15, -0.1) is 0 Å². The van der Waals surface area contributed by atoms with Gasteiger partial charge < -0.3 is 10.1 Å². The van der Waals surface area contributed by atoms with Gasteiger partial charge in [0.1, 0.15) is 5.60 Å². The minimum absolute atomic E-state index is 0.472. The summed E-state index contributed by atoms with van der Waals surface area (Å²) in [5.41, 5.74) is 2.13. The largest absolute Gasteiger partial charge is 0.444 e. The summed E-state index contributed by atoms with van der Waals surface area (Å²) in [5.74, 6) is 0. The molecule has 0 saturated heterocycles. The van der Waals surface area contributed by atoms with E-state index >= 15 is 0 Å². The Bertz CT molecular complexity index is 729. The minimum atomic E-state index is -0.527. The average Bonchev–Trinajstić information content (AvgIpc) is 2.44. The SMILES string of the molecule is CC(C)(C)OC(=O)Nc1cccc(NCc2ccc(Cl)cc2Br)c1. The van der Waals surface area contributed by atoms with E-state index in [1.807, 2.05) is 63.2 Å². The summed E-state index contributed by atoms with van der Waals surface area (Å²) < 4.78 is 6.20. The van der Waals surface area contributed by atoms with Crippen molar-refractivity contribution in [2.75, 3.05) is 10.6 Å². The highest BCUT2D eigenvalue weighted by Gasteiger charge is 2.16. The van der Waals surface area contributed by atoms with E-state index in [2.05, 4.69) is 26.6 Å². The summed E-state index contributed by atoms with van der Waals surface area (Å²) in [4.78, 5) is 11.8. The second-order valence-electron chi connectivity index (χ2n) is 6.30. The molecule has 128 valence electrons. The van der Waals surface area contributed by atoms with Gasteiger partial charge >= 0.3 is 6.09 Å². The summed E-state index contributed by atoms with van der Waals surface area (Å²) in [5, 5.41) is 6.74. The molecule has 0 saturated carbocycles. The maximum absolute atomic E-state index is 11.8. The summed E-state index contributed by atoms with van der Waals surface area (Å²) in [7, 11) is 0. The van der Waals surface area contributed by atoms with Crippen molar-refractivity contribution in [3.05, 3.63) is 57.5 Å². The van der Waals surface area contributed by atoms with Gasteiger partial charge in [-0.25, -0.2) is 4.79 Å². The van der Waals surface area contributed by atoms with Crippen molar-refractivity contribution < 1.29 is 9.53 Å². The molecule has 0 aliphatic carbocycles. The first-order chi connectivity index (χ1) is 11.2. The number of carbonyl (C=O) groups is 1. The summed E-state index contributed by atoms with van der Waals surface area (Å²) in [6, 6.07) is 13.1. The van der Waals surface area contributed by atoms with Crippen LogP contribution in [0.25, 0.3) is 0 Å². The van der Waals surface area contributed by atoms with Gasteiger partial charge in [-0.2, -0.15) is 0 Å². The number of ether oxygens (including phenoxy) is 1. The Kier molecular flexibility index (Phi) is 6.13. The van der Waals surface area contributed by atoms with Crippen LogP contribution < -0.4 is 10.6 Å². The van der Waals surface area contributed by atoms with Crippen LogP contribution in [0.1, 0.15) is 26.3 Å². The van der Waals surface area contributed by atoms with Crippen LogP contribution in [0.4, 0.5) is 16.2 Å². The lowest BCUT2D eigenvalue weighted by atomic mass is 10.2. The molecule has 1 amide bonds. The van der Waals surface area contributed by atoms with Crippen LogP contribution in [-0.2, 0) is 11.3 Å². The molecule has 24 heavy (non-hydrogen) atoms. The molecular weight excluding hydrogens is 392 g/mol. The van der Waals surface area contributed by atoms with E-state index in [4.69, 9.17) is 16.3 Å². The van der Waals surface area contributed by atoms with Gasteiger partial charge in [0.15, 0.2) is 0 Å². The number of halogens is 2. The van der Waals surface area contributed by atoms with Crippen LogP contribution in [0.3, 0.4) is 0 Å². The zero-order chi connectivity index (χ0) is 17.7. The molecule has 4 nitrogen and oxygen atoms in total. The molecule has 0 fully saturated rings. The summed E-state index contributed by atoms with van der Waals surface area (Å²) in [6.07, 6.45) is -0.472. The molecule has 0 unspecified atom stereocenters. The third-order valence-corrected chi connectivity index (χ3v) is 3.98. The number of amides is 1. The zero-order valence-electron chi connectivity index (χ0n) is 13.8. The van der Waals surface area contributed by atoms with Crippen LogP contribution in [0.2, 0.25) is 5.02 Å². The Hall–Kier alpha value is -1.72. The van der Waals surface area contributed by atoms with Gasteiger partial charge in [-0.3, -0.25) is 5.32 Å². The van der Waals surface area contributed by atoms with E-state index in [-0.39, 0.29) is 0 Å². The Morgan fingerprint density at radius 1 is 1.17 bits per heavy atom. The van der Waals surface area contributed by atoms with Crippen molar-refractivity contribution in [2.45, 2.75) is 32.9 Å². The molecular formula is C18H20BrClN2O2. The van der Waals surface area contributed by atoms with E-state index in [9.17, 15) is 4.79 Å². The summed E-state index contributed by atoms with van der Waals surface area (Å²) in [6.45, 7) is 6.12. The highest BCUT2D eigenvalue weighted by Crippen LogP contribution is 2.23. The molecule has 2 rings (SSSR count). The smallest absolute Gasteiger partial charge is 0.412 e. The highest BCUT2D eigenvalue weighted by atomic mass is 79.9. The van der Waals surface area contributed by atoms with Crippen molar-refractivity contribution in [2.24, 2.45) is 0 Å². The Labute approximate surface area is 155 Å². The predicted molar refractivity (Wildman–Crippen MR) is 103 cm³/mol. The average molecular weight is 412 g/mol. The minimum Gasteiger partial charge on any atom is -0.444 e. The van der Waals surface area contributed by atoms with Crippen LogP contribution in [-0.4, -0.2) is 11.7 Å². The predicted octanol–water partition coefficient (Wildman–Crippen LogP) is 6.06. The maximum atomic E-state index is 11.8. The monoisotopic (exact) mass is 410 g/mol. The Morgan fingerprint density at radius 2 is 1.88 bits per heavy atom. The van der Waals surface area contributed by atoms with Crippen molar-refractivity contribution in [1.29, 1.82) is 0 Å². The van der Waals surface area contributed by atoms with Crippen LogP contribution in [0.15, 0.2) is 46.9 Å². The lowest BCUT2D eigenvalue weighted by Crippen LogP contribution is -2.27. The van der Waals surface area contributed by atoms with E-state index in [1.165, 1.54) is 0 Å². The van der Waals surface area contributed by atoms with E-state index in [0.29, 0.717) is 17.3 Å². The van der Waals surface area contributed by atoms with Crippen molar-refractivity contribution in [3.63, 3.8) is 0 Å². The fourth-order valence-corrected chi connectivity index (χ4v) is 2.81. The van der Waals surface area contributed by atoms with Gasteiger partial charge in [-0.05, 0) is 56.7 Å². The molecule has 2 N–H and O–H groups in total. The van der Waals surface area contributed by atoms with E-state index < -0.39 is 11.7 Å². The maximum Gasteiger partial charge on any atom is 0.412 e. The number of carbonyl (C=O) groups excluding carboxylic acids is 1. The van der Waals surface area contributed by atoms with Gasteiger partial charge in [0.2, 0.25) is 0 Å². The quantitative estimate of drug-likeness (QED) is 0.642. The first kappa shape index (κ1) is 18.6. The van der Waals surface area contributed by atoms with Crippen LogP contribution in [0.5, 0.6) is 0 Å². The topological polar surface area (TPSA) is 50.4 Å². The molecule has 2 aromatic carbocycles. The molecule has 0 heterocycles. The molecule has 0 aromatic heterocycles. The summed E-state index contributed by atoms with van der Waals surface area (Å²) >= 11 is 9.44. The van der Waals surface area contributed by atoms with Crippen molar-refractivity contribution in [1.82, 2.24) is 0 Å². The lowest BCUT2D eigenvalue weighted by molar-refractivity contribution is 0.0636. The molecule has 0 radical (unpaired) electrons. The molecule has 2 aromatic rings. The normalized spacial score (nSPS) is 11.0. The second-order valence-corrected chi connectivity index (χ2v) is 7.59. The Balaban J connectivity index is 1.98. The first-order valence-corrected chi connectivity index (χ1v) is 8.68. The van der Waals surface area contributed by atoms with Gasteiger partial charge in [0.05, 0.1) is 0 Å². The number of nitrogens with one attached hydrogen (secondary N) is 2. The van der Waals surface area contributed by atoms with Gasteiger partial charge in [-0.1, -0.05) is 39.7 Å². The molecule has 0 aliphatic heterocycles. The lowest BCUT2D eigenvalue weighted by Gasteiger charge is -2.19. The molecule has 0 spiro atoms. The molecule has 0 atom stereocenters. The van der Waals surface area contributed by atoms with Crippen LogP contribution >= 0.6 is 27.5 Å². The van der Waals surface area contributed by atoms with E-state index in [1.54, 1.807) is 0 Å². The third kappa shape index (κ3) is 6.06. The zero-order valence-corrected chi connectivity index (χ0v) is 16.2.